The molecule has 1 saturated heterocycles. The minimum absolute atomic E-state index is 0.0392. The second-order valence-corrected chi connectivity index (χ2v) is 8.09. The molecule has 1 fully saturated rings. The van der Waals surface area contributed by atoms with Crippen LogP contribution in [0.5, 0.6) is 0 Å². The molecule has 0 radical (unpaired) electrons. The van der Waals surface area contributed by atoms with E-state index in [1.807, 2.05) is 11.4 Å². The van der Waals surface area contributed by atoms with Gasteiger partial charge in [-0.1, -0.05) is 24.3 Å². The molecule has 1 aliphatic rings. The summed E-state index contributed by atoms with van der Waals surface area (Å²) in [6, 6.07) is 12.6. The fraction of sp³-hybridized carbons (Fsp3) is 0.375. The van der Waals surface area contributed by atoms with Gasteiger partial charge >= 0.3 is 0 Å². The number of ether oxygens (including phenoxy) is 1. The second-order valence-electron chi connectivity index (χ2n) is 5.34. The molecule has 23 heavy (non-hydrogen) atoms. The average molecular weight is 352 g/mol. The predicted octanol–water partition coefficient (Wildman–Crippen LogP) is 2.10. The quantitative estimate of drug-likeness (QED) is 0.865. The van der Waals surface area contributed by atoms with Crippen molar-refractivity contribution >= 4 is 21.4 Å². The first-order valence-corrected chi connectivity index (χ1v) is 9.93. The highest BCUT2D eigenvalue weighted by molar-refractivity contribution is 7.89. The van der Waals surface area contributed by atoms with E-state index in [1.54, 1.807) is 41.7 Å². The summed E-state index contributed by atoms with van der Waals surface area (Å²) >= 11 is 1.65. The van der Waals surface area contributed by atoms with E-state index in [0.29, 0.717) is 24.7 Å². The monoisotopic (exact) mass is 352 g/mol. The van der Waals surface area contributed by atoms with Crippen molar-refractivity contribution in [1.29, 1.82) is 0 Å². The zero-order valence-corrected chi connectivity index (χ0v) is 14.4. The summed E-state index contributed by atoms with van der Waals surface area (Å²) in [5.74, 6) is 0. The first kappa shape index (κ1) is 16.6. The Labute approximate surface area is 140 Å². The Morgan fingerprint density at radius 1 is 1.13 bits per heavy atom. The van der Waals surface area contributed by atoms with Gasteiger partial charge in [0, 0.05) is 24.5 Å². The molecular weight excluding hydrogens is 332 g/mol. The van der Waals surface area contributed by atoms with Gasteiger partial charge in [-0.2, -0.15) is 0 Å². The molecule has 1 aliphatic heterocycles. The summed E-state index contributed by atoms with van der Waals surface area (Å²) < 4.78 is 33.0. The number of hydrogen-bond acceptors (Lipinski definition) is 5. The molecule has 0 amide bonds. The summed E-state index contributed by atoms with van der Waals surface area (Å²) in [7, 11) is -3.49. The lowest BCUT2D eigenvalue weighted by atomic mass is 10.2. The lowest BCUT2D eigenvalue weighted by Gasteiger charge is -2.34. The molecule has 124 valence electrons. The van der Waals surface area contributed by atoms with Gasteiger partial charge in [0.15, 0.2) is 0 Å². The molecule has 0 bridgehead atoms. The standard InChI is InChI=1S/C16H20N2O3S2/c19-23(20,14-5-2-1-3-6-14)17-13-15(16-7-4-12-22-16)18-8-10-21-11-9-18/h1-7,12,15,17H,8-11,13H2/t15-/m0/s1. The maximum absolute atomic E-state index is 12.4. The minimum atomic E-state index is -3.49. The van der Waals surface area contributed by atoms with Gasteiger partial charge < -0.3 is 4.74 Å². The molecule has 0 unspecified atom stereocenters. The van der Waals surface area contributed by atoms with E-state index < -0.39 is 10.0 Å². The molecule has 0 spiro atoms. The number of hydrogen-bond donors (Lipinski definition) is 1. The zero-order chi connectivity index (χ0) is 16.1. The van der Waals surface area contributed by atoms with Crippen LogP contribution in [0.3, 0.4) is 0 Å². The Kier molecular flexibility index (Phi) is 5.45. The van der Waals surface area contributed by atoms with Gasteiger partial charge in [0.05, 0.1) is 24.2 Å². The summed E-state index contributed by atoms with van der Waals surface area (Å²) in [6.45, 7) is 3.36. The third kappa shape index (κ3) is 4.19. The van der Waals surface area contributed by atoms with Crippen molar-refractivity contribution in [2.75, 3.05) is 32.8 Å². The molecule has 1 atom stereocenters. The van der Waals surface area contributed by atoms with Crippen LogP contribution in [-0.2, 0) is 14.8 Å². The molecule has 0 aliphatic carbocycles. The minimum Gasteiger partial charge on any atom is -0.379 e. The van der Waals surface area contributed by atoms with Crippen LogP contribution >= 0.6 is 11.3 Å². The van der Waals surface area contributed by atoms with Crippen LogP contribution < -0.4 is 4.72 Å². The Morgan fingerprint density at radius 3 is 2.52 bits per heavy atom. The first-order valence-electron chi connectivity index (χ1n) is 7.57. The van der Waals surface area contributed by atoms with Crippen molar-refractivity contribution in [1.82, 2.24) is 9.62 Å². The predicted molar refractivity (Wildman–Crippen MR) is 91.1 cm³/mol. The molecule has 0 saturated carbocycles. The molecule has 5 nitrogen and oxygen atoms in total. The van der Waals surface area contributed by atoms with Gasteiger partial charge in [0.2, 0.25) is 10.0 Å². The van der Waals surface area contributed by atoms with E-state index >= 15 is 0 Å². The maximum Gasteiger partial charge on any atom is 0.240 e. The summed E-state index contributed by atoms with van der Waals surface area (Å²) in [6.07, 6.45) is 0. The Morgan fingerprint density at radius 2 is 1.87 bits per heavy atom. The lowest BCUT2D eigenvalue weighted by molar-refractivity contribution is 0.0179. The van der Waals surface area contributed by atoms with Crippen LogP contribution in [0, 0.1) is 0 Å². The smallest absolute Gasteiger partial charge is 0.240 e. The van der Waals surface area contributed by atoms with Crippen LogP contribution in [0.4, 0.5) is 0 Å². The molecule has 1 N–H and O–H groups in total. The highest BCUT2D eigenvalue weighted by Crippen LogP contribution is 2.26. The van der Waals surface area contributed by atoms with E-state index in [1.165, 1.54) is 4.88 Å². The van der Waals surface area contributed by atoms with Crippen LogP contribution in [0.15, 0.2) is 52.7 Å². The highest BCUT2D eigenvalue weighted by Gasteiger charge is 2.25. The Bertz CT molecular complexity index is 696. The third-order valence-corrected chi connectivity index (χ3v) is 6.29. The molecule has 2 aromatic rings. The maximum atomic E-state index is 12.4. The normalized spacial score (nSPS) is 17.9. The van der Waals surface area contributed by atoms with Gasteiger partial charge in [0.1, 0.15) is 0 Å². The van der Waals surface area contributed by atoms with Crippen molar-refractivity contribution in [3.63, 3.8) is 0 Å². The van der Waals surface area contributed by atoms with Gasteiger partial charge in [-0.05, 0) is 23.6 Å². The third-order valence-electron chi connectivity index (χ3n) is 3.88. The lowest BCUT2D eigenvalue weighted by Crippen LogP contribution is -2.43. The molecule has 7 heteroatoms. The largest absolute Gasteiger partial charge is 0.379 e. The van der Waals surface area contributed by atoms with Gasteiger partial charge in [0.25, 0.3) is 0 Å². The van der Waals surface area contributed by atoms with Crippen molar-refractivity contribution in [3.05, 3.63) is 52.7 Å². The SMILES string of the molecule is O=S(=O)(NC[C@@H](c1cccs1)N1CCOCC1)c1ccccc1. The topological polar surface area (TPSA) is 58.6 Å². The van der Waals surface area contributed by atoms with Crippen LogP contribution in [0.1, 0.15) is 10.9 Å². The van der Waals surface area contributed by atoms with Crippen LogP contribution in [0.25, 0.3) is 0 Å². The average Bonchev–Trinajstić information content (AvgIpc) is 3.11. The summed E-state index contributed by atoms with van der Waals surface area (Å²) in [4.78, 5) is 3.75. The Balaban J connectivity index is 1.74. The molecule has 1 aromatic carbocycles. The number of thiophene rings is 1. The van der Waals surface area contributed by atoms with E-state index in [4.69, 9.17) is 4.74 Å². The number of nitrogens with one attached hydrogen (secondary N) is 1. The second kappa shape index (κ2) is 7.55. The van der Waals surface area contributed by atoms with E-state index in [9.17, 15) is 8.42 Å². The fourth-order valence-corrected chi connectivity index (χ4v) is 4.57. The van der Waals surface area contributed by atoms with Crippen molar-refractivity contribution in [2.24, 2.45) is 0 Å². The van der Waals surface area contributed by atoms with Crippen molar-refractivity contribution < 1.29 is 13.2 Å². The molecule has 2 heterocycles. The fourth-order valence-electron chi connectivity index (χ4n) is 2.65. The highest BCUT2D eigenvalue weighted by atomic mass is 32.2. The Hall–Kier alpha value is -1.25. The van der Waals surface area contributed by atoms with Gasteiger partial charge in [-0.15, -0.1) is 11.3 Å². The zero-order valence-electron chi connectivity index (χ0n) is 12.7. The number of rotatable bonds is 6. The van der Waals surface area contributed by atoms with Crippen LogP contribution in [0.2, 0.25) is 0 Å². The van der Waals surface area contributed by atoms with Crippen molar-refractivity contribution in [2.45, 2.75) is 10.9 Å². The first-order chi connectivity index (χ1) is 11.2. The summed E-state index contributed by atoms with van der Waals surface area (Å²) in [5.41, 5.74) is 0. The molecular formula is C16H20N2O3S2. The van der Waals surface area contributed by atoms with Gasteiger partial charge in [-0.3, -0.25) is 4.90 Å². The molecule has 3 rings (SSSR count). The van der Waals surface area contributed by atoms with Crippen LogP contribution in [-0.4, -0.2) is 46.2 Å². The number of morpholine rings is 1. The number of benzene rings is 1. The number of sulfonamides is 1. The van der Waals surface area contributed by atoms with E-state index in [2.05, 4.69) is 15.7 Å². The van der Waals surface area contributed by atoms with Gasteiger partial charge in [-0.25, -0.2) is 13.1 Å². The summed E-state index contributed by atoms with van der Waals surface area (Å²) in [5, 5.41) is 2.02. The van der Waals surface area contributed by atoms with E-state index in [-0.39, 0.29) is 6.04 Å². The van der Waals surface area contributed by atoms with Crippen molar-refractivity contribution in [3.8, 4) is 0 Å². The molecule has 1 aromatic heterocycles. The number of nitrogens with zero attached hydrogens (tertiary/aromatic N) is 1. The van der Waals surface area contributed by atoms with E-state index in [0.717, 1.165) is 13.1 Å².